The summed E-state index contributed by atoms with van der Waals surface area (Å²) < 4.78 is 23.1. The highest BCUT2D eigenvalue weighted by atomic mass is 35.5. The van der Waals surface area contributed by atoms with Crippen molar-refractivity contribution >= 4 is 27.3 Å². The molecule has 21 heavy (non-hydrogen) atoms. The average Bonchev–Trinajstić information content (AvgIpc) is 2.34. The third-order valence-corrected chi connectivity index (χ3v) is 4.41. The molecule has 0 saturated heterocycles. The number of aliphatic hydroxyl groups excluding tert-OH is 1. The molecular formula is C14H20ClNO4S. The predicted molar refractivity (Wildman–Crippen MR) is 82.4 cm³/mol. The summed E-state index contributed by atoms with van der Waals surface area (Å²) in [5, 5.41) is 12.4. The fraction of sp³-hybridized carbons (Fsp3) is 0.500. The maximum atomic E-state index is 12.0. The van der Waals surface area contributed by atoms with Crippen molar-refractivity contribution < 1.29 is 18.3 Å². The Bertz CT molecular complexity index is 613. The lowest BCUT2D eigenvalue weighted by molar-refractivity contribution is 0.0900. The van der Waals surface area contributed by atoms with Crippen molar-refractivity contribution in [3.8, 4) is 0 Å². The van der Waals surface area contributed by atoms with Crippen molar-refractivity contribution in [2.45, 2.75) is 31.3 Å². The number of nitrogens with one attached hydrogen (secondary N) is 1. The molecule has 0 spiro atoms. The zero-order valence-corrected chi connectivity index (χ0v) is 13.8. The summed E-state index contributed by atoms with van der Waals surface area (Å²) in [6, 6.07) is 4.06. The number of hydrogen-bond acceptors (Lipinski definition) is 4. The van der Waals surface area contributed by atoms with Gasteiger partial charge in [0.2, 0.25) is 0 Å². The van der Waals surface area contributed by atoms with Crippen LogP contribution in [0, 0.1) is 5.92 Å². The van der Waals surface area contributed by atoms with Crippen LogP contribution in [-0.2, 0) is 9.84 Å². The molecule has 5 nitrogen and oxygen atoms in total. The van der Waals surface area contributed by atoms with Gasteiger partial charge < -0.3 is 10.4 Å². The maximum absolute atomic E-state index is 12.0. The van der Waals surface area contributed by atoms with Gasteiger partial charge >= 0.3 is 0 Å². The number of halogens is 1. The van der Waals surface area contributed by atoms with E-state index in [1.54, 1.807) is 0 Å². The minimum absolute atomic E-state index is 0.0777. The fourth-order valence-corrected chi connectivity index (χ4v) is 3.17. The van der Waals surface area contributed by atoms with E-state index in [0.29, 0.717) is 12.3 Å². The predicted octanol–water partition coefficient (Wildman–Crippen LogP) is 1.88. The number of rotatable bonds is 6. The SMILES string of the molecule is CC(C)CC(O)CNC(=O)c1ccc(Cl)c(S(C)(=O)=O)c1. The lowest BCUT2D eigenvalue weighted by atomic mass is 10.1. The van der Waals surface area contributed by atoms with E-state index in [4.69, 9.17) is 11.6 Å². The Labute approximate surface area is 130 Å². The summed E-state index contributed by atoms with van der Waals surface area (Å²) in [4.78, 5) is 11.9. The Hall–Kier alpha value is -1.11. The van der Waals surface area contributed by atoms with Crippen LogP contribution in [0.25, 0.3) is 0 Å². The molecule has 0 aliphatic rings. The van der Waals surface area contributed by atoms with Gasteiger partial charge in [-0.25, -0.2) is 8.42 Å². The summed E-state index contributed by atoms with van der Waals surface area (Å²) in [7, 11) is -3.50. The van der Waals surface area contributed by atoms with Crippen molar-refractivity contribution in [3.63, 3.8) is 0 Å². The van der Waals surface area contributed by atoms with Crippen LogP contribution in [0.3, 0.4) is 0 Å². The van der Waals surface area contributed by atoms with Crippen LogP contribution in [0.1, 0.15) is 30.6 Å². The second-order valence-electron chi connectivity index (χ2n) is 5.41. The monoisotopic (exact) mass is 333 g/mol. The minimum Gasteiger partial charge on any atom is -0.391 e. The van der Waals surface area contributed by atoms with Crippen LogP contribution >= 0.6 is 11.6 Å². The van der Waals surface area contributed by atoms with Gasteiger partial charge in [0.15, 0.2) is 9.84 Å². The molecule has 0 fully saturated rings. The summed E-state index contributed by atoms with van der Waals surface area (Å²) in [6.45, 7) is 4.07. The molecule has 118 valence electrons. The van der Waals surface area contributed by atoms with Crippen LogP contribution < -0.4 is 5.32 Å². The first-order valence-corrected chi connectivity index (χ1v) is 8.84. The van der Waals surface area contributed by atoms with Gasteiger partial charge in [0.25, 0.3) is 5.91 Å². The smallest absolute Gasteiger partial charge is 0.251 e. The number of hydrogen-bond donors (Lipinski definition) is 2. The highest BCUT2D eigenvalue weighted by molar-refractivity contribution is 7.90. The summed E-state index contributed by atoms with van der Waals surface area (Å²) in [5.74, 6) is -0.122. The molecule has 7 heteroatoms. The van der Waals surface area contributed by atoms with E-state index < -0.39 is 21.8 Å². The third-order valence-electron chi connectivity index (χ3n) is 2.83. The van der Waals surface area contributed by atoms with E-state index >= 15 is 0 Å². The minimum atomic E-state index is -3.50. The first kappa shape index (κ1) is 17.9. The molecule has 1 aromatic carbocycles. The van der Waals surface area contributed by atoms with Crippen molar-refractivity contribution in [2.75, 3.05) is 12.8 Å². The van der Waals surface area contributed by atoms with Crippen LogP contribution in [0.5, 0.6) is 0 Å². The van der Waals surface area contributed by atoms with Crippen molar-refractivity contribution in [1.29, 1.82) is 0 Å². The molecule has 1 rings (SSSR count). The Morgan fingerprint density at radius 2 is 2.00 bits per heavy atom. The Morgan fingerprint density at radius 1 is 1.38 bits per heavy atom. The highest BCUT2D eigenvalue weighted by Gasteiger charge is 2.16. The zero-order valence-electron chi connectivity index (χ0n) is 12.3. The highest BCUT2D eigenvalue weighted by Crippen LogP contribution is 2.22. The first-order valence-electron chi connectivity index (χ1n) is 6.57. The van der Waals surface area contributed by atoms with Gasteiger partial charge in [0.1, 0.15) is 0 Å². The molecule has 0 aliphatic carbocycles. The molecule has 0 aromatic heterocycles. The Morgan fingerprint density at radius 3 is 2.52 bits per heavy atom. The van der Waals surface area contributed by atoms with E-state index in [0.717, 1.165) is 6.26 Å². The normalized spacial score (nSPS) is 13.2. The number of carbonyl (C=O) groups excluding carboxylic acids is 1. The molecule has 2 N–H and O–H groups in total. The number of amides is 1. The van der Waals surface area contributed by atoms with Crippen LogP contribution in [0.4, 0.5) is 0 Å². The van der Waals surface area contributed by atoms with E-state index in [-0.39, 0.29) is 22.0 Å². The van der Waals surface area contributed by atoms with Crippen LogP contribution in [-0.4, -0.2) is 38.3 Å². The molecule has 1 atom stereocenters. The number of carbonyl (C=O) groups is 1. The second kappa shape index (κ2) is 7.24. The van der Waals surface area contributed by atoms with Gasteiger partial charge in [0, 0.05) is 18.4 Å². The lowest BCUT2D eigenvalue weighted by Crippen LogP contribution is -2.32. The molecule has 1 unspecified atom stereocenters. The third kappa shape index (κ3) is 5.65. The molecule has 0 radical (unpaired) electrons. The number of aliphatic hydroxyl groups is 1. The van der Waals surface area contributed by atoms with Gasteiger partial charge in [-0.2, -0.15) is 0 Å². The van der Waals surface area contributed by atoms with Gasteiger partial charge in [0.05, 0.1) is 16.0 Å². The van der Waals surface area contributed by atoms with E-state index in [1.807, 2.05) is 13.8 Å². The molecule has 0 aliphatic heterocycles. The number of benzene rings is 1. The number of sulfone groups is 1. The largest absolute Gasteiger partial charge is 0.391 e. The Balaban J connectivity index is 2.80. The second-order valence-corrected chi connectivity index (χ2v) is 7.80. The zero-order chi connectivity index (χ0) is 16.2. The summed E-state index contributed by atoms with van der Waals surface area (Å²) in [5.41, 5.74) is 0.191. The Kier molecular flexibility index (Phi) is 6.19. The van der Waals surface area contributed by atoms with Gasteiger partial charge in [-0.15, -0.1) is 0 Å². The lowest BCUT2D eigenvalue weighted by Gasteiger charge is -2.14. The maximum Gasteiger partial charge on any atom is 0.251 e. The average molecular weight is 334 g/mol. The molecule has 0 heterocycles. The van der Waals surface area contributed by atoms with E-state index in [2.05, 4.69) is 5.32 Å². The van der Waals surface area contributed by atoms with E-state index in [9.17, 15) is 18.3 Å². The molecule has 1 aromatic rings. The standard InChI is InChI=1S/C14H20ClNO4S/c1-9(2)6-11(17)8-16-14(18)10-4-5-12(15)13(7-10)21(3,19)20/h4-5,7,9,11,17H,6,8H2,1-3H3,(H,16,18). The molecule has 1 amide bonds. The molecular weight excluding hydrogens is 314 g/mol. The topological polar surface area (TPSA) is 83.5 Å². The van der Waals surface area contributed by atoms with Crippen molar-refractivity contribution in [2.24, 2.45) is 5.92 Å². The van der Waals surface area contributed by atoms with Crippen molar-refractivity contribution in [1.82, 2.24) is 5.32 Å². The van der Waals surface area contributed by atoms with Crippen LogP contribution in [0.2, 0.25) is 5.02 Å². The summed E-state index contributed by atoms with van der Waals surface area (Å²) in [6.07, 6.45) is 0.980. The molecule has 0 bridgehead atoms. The van der Waals surface area contributed by atoms with Gasteiger partial charge in [-0.3, -0.25) is 4.79 Å². The van der Waals surface area contributed by atoms with Gasteiger partial charge in [-0.1, -0.05) is 25.4 Å². The first-order chi connectivity index (χ1) is 9.61. The van der Waals surface area contributed by atoms with Gasteiger partial charge in [-0.05, 0) is 30.5 Å². The van der Waals surface area contributed by atoms with E-state index in [1.165, 1.54) is 18.2 Å². The quantitative estimate of drug-likeness (QED) is 0.832. The summed E-state index contributed by atoms with van der Waals surface area (Å²) >= 11 is 5.82. The fourth-order valence-electron chi connectivity index (χ4n) is 1.87. The molecule has 0 saturated carbocycles. The van der Waals surface area contributed by atoms with Crippen molar-refractivity contribution in [3.05, 3.63) is 28.8 Å². The van der Waals surface area contributed by atoms with Crippen LogP contribution in [0.15, 0.2) is 23.1 Å².